The van der Waals surface area contributed by atoms with E-state index in [2.05, 4.69) is 13.8 Å². The van der Waals surface area contributed by atoms with Gasteiger partial charge in [-0.1, -0.05) is 13.8 Å². The molecule has 1 saturated heterocycles. The van der Waals surface area contributed by atoms with Crippen molar-refractivity contribution in [2.45, 2.75) is 33.3 Å². The first-order chi connectivity index (χ1) is 5.42. The van der Waals surface area contributed by atoms with Crippen molar-refractivity contribution in [2.24, 2.45) is 11.3 Å². The summed E-state index contributed by atoms with van der Waals surface area (Å²) in [4.78, 5) is 10.6. The van der Waals surface area contributed by atoms with Crippen LogP contribution in [-0.2, 0) is 9.53 Å². The van der Waals surface area contributed by atoms with Crippen molar-refractivity contribution >= 4 is 5.97 Å². The van der Waals surface area contributed by atoms with E-state index in [0.29, 0.717) is 6.61 Å². The van der Waals surface area contributed by atoms with Gasteiger partial charge in [0.1, 0.15) is 0 Å². The van der Waals surface area contributed by atoms with Gasteiger partial charge >= 0.3 is 5.97 Å². The second-order valence-corrected chi connectivity index (χ2v) is 4.34. The van der Waals surface area contributed by atoms with E-state index in [0.717, 1.165) is 6.42 Å². The lowest BCUT2D eigenvalue weighted by molar-refractivity contribution is -0.145. The molecule has 1 unspecified atom stereocenters. The minimum atomic E-state index is -0.766. The van der Waals surface area contributed by atoms with Gasteiger partial charge in [0.25, 0.3) is 0 Å². The van der Waals surface area contributed by atoms with Crippen molar-refractivity contribution in [1.29, 1.82) is 0 Å². The first-order valence-electron chi connectivity index (χ1n) is 4.27. The largest absolute Gasteiger partial charge is 0.481 e. The average molecular weight is 172 g/mol. The van der Waals surface area contributed by atoms with E-state index in [4.69, 9.17) is 9.84 Å². The van der Waals surface area contributed by atoms with Gasteiger partial charge in [-0.15, -0.1) is 0 Å². The second kappa shape index (κ2) is 3.05. The van der Waals surface area contributed by atoms with Gasteiger partial charge in [-0.2, -0.15) is 0 Å². The maximum atomic E-state index is 10.6. The van der Waals surface area contributed by atoms with Crippen LogP contribution in [0.15, 0.2) is 0 Å². The van der Waals surface area contributed by atoms with E-state index in [9.17, 15) is 4.79 Å². The number of hydrogen-bond donors (Lipinski definition) is 1. The molecule has 0 aliphatic carbocycles. The van der Waals surface area contributed by atoms with E-state index in [1.54, 1.807) is 6.92 Å². The van der Waals surface area contributed by atoms with Gasteiger partial charge in [-0.05, 0) is 18.8 Å². The monoisotopic (exact) mass is 172 g/mol. The molecular weight excluding hydrogens is 156 g/mol. The number of rotatable bonds is 2. The standard InChI is InChI=1S/C9H16O3/c1-6(8(10)11)7-4-9(2,3)5-12-7/h6-7H,4-5H2,1-3H3,(H,10,11)/t6-,7?/m0/s1. The number of carbonyl (C=O) groups is 1. The number of carboxylic acids is 1. The molecule has 1 aliphatic rings. The zero-order valence-corrected chi connectivity index (χ0v) is 7.83. The van der Waals surface area contributed by atoms with Crippen LogP contribution in [-0.4, -0.2) is 23.8 Å². The Morgan fingerprint density at radius 3 is 2.58 bits per heavy atom. The fourth-order valence-corrected chi connectivity index (χ4v) is 1.48. The summed E-state index contributed by atoms with van der Waals surface area (Å²) < 4.78 is 5.41. The van der Waals surface area contributed by atoms with Crippen LogP contribution in [0.5, 0.6) is 0 Å². The molecule has 0 aromatic rings. The van der Waals surface area contributed by atoms with Gasteiger partial charge in [0.05, 0.1) is 18.6 Å². The molecule has 1 heterocycles. The maximum absolute atomic E-state index is 10.6. The Balaban J connectivity index is 2.52. The Morgan fingerprint density at radius 1 is 1.67 bits per heavy atom. The summed E-state index contributed by atoms with van der Waals surface area (Å²) in [6, 6.07) is 0. The number of carboxylic acid groups (broad SMARTS) is 1. The third-order valence-electron chi connectivity index (χ3n) is 2.39. The lowest BCUT2D eigenvalue weighted by atomic mass is 9.87. The molecule has 0 aromatic carbocycles. The topological polar surface area (TPSA) is 46.5 Å². The predicted octanol–water partition coefficient (Wildman–Crippen LogP) is 1.52. The van der Waals surface area contributed by atoms with E-state index in [1.165, 1.54) is 0 Å². The molecule has 1 rings (SSSR count). The van der Waals surface area contributed by atoms with Crippen LogP contribution in [0.4, 0.5) is 0 Å². The predicted molar refractivity (Wildman–Crippen MR) is 44.9 cm³/mol. The van der Waals surface area contributed by atoms with Crippen molar-refractivity contribution in [1.82, 2.24) is 0 Å². The smallest absolute Gasteiger partial charge is 0.308 e. The van der Waals surface area contributed by atoms with Gasteiger partial charge in [0, 0.05) is 0 Å². The van der Waals surface area contributed by atoms with E-state index in [-0.39, 0.29) is 17.4 Å². The molecule has 1 aliphatic heterocycles. The van der Waals surface area contributed by atoms with Gasteiger partial charge in [0.15, 0.2) is 0 Å². The summed E-state index contributed by atoms with van der Waals surface area (Å²) in [5, 5.41) is 8.73. The summed E-state index contributed by atoms with van der Waals surface area (Å²) in [6.07, 6.45) is 0.748. The normalized spacial score (nSPS) is 30.1. The molecule has 0 saturated carbocycles. The van der Waals surface area contributed by atoms with E-state index >= 15 is 0 Å². The lowest BCUT2D eigenvalue weighted by Crippen LogP contribution is -2.25. The molecule has 0 bridgehead atoms. The molecule has 2 atom stereocenters. The fourth-order valence-electron chi connectivity index (χ4n) is 1.48. The molecule has 1 fully saturated rings. The zero-order chi connectivity index (χ0) is 9.35. The number of hydrogen-bond acceptors (Lipinski definition) is 2. The molecule has 0 spiro atoms. The lowest BCUT2D eigenvalue weighted by Gasteiger charge is -2.16. The van der Waals surface area contributed by atoms with Crippen LogP contribution in [0.3, 0.4) is 0 Å². The van der Waals surface area contributed by atoms with Crippen molar-refractivity contribution in [3.05, 3.63) is 0 Å². The Bertz CT molecular complexity index is 186. The highest BCUT2D eigenvalue weighted by atomic mass is 16.5. The van der Waals surface area contributed by atoms with Crippen LogP contribution in [0, 0.1) is 11.3 Å². The van der Waals surface area contributed by atoms with Crippen LogP contribution in [0.25, 0.3) is 0 Å². The van der Waals surface area contributed by atoms with Crippen LogP contribution in [0.1, 0.15) is 27.2 Å². The Labute approximate surface area is 72.7 Å². The molecule has 0 amide bonds. The Morgan fingerprint density at radius 2 is 2.25 bits per heavy atom. The van der Waals surface area contributed by atoms with E-state index < -0.39 is 5.97 Å². The van der Waals surface area contributed by atoms with Gasteiger partial charge in [0.2, 0.25) is 0 Å². The molecule has 0 aromatic heterocycles. The van der Waals surface area contributed by atoms with Crippen molar-refractivity contribution in [2.75, 3.05) is 6.61 Å². The highest BCUT2D eigenvalue weighted by Crippen LogP contribution is 2.34. The summed E-state index contributed by atoms with van der Waals surface area (Å²) in [5.41, 5.74) is 0.147. The summed E-state index contributed by atoms with van der Waals surface area (Å²) >= 11 is 0. The highest BCUT2D eigenvalue weighted by Gasteiger charge is 2.37. The van der Waals surface area contributed by atoms with E-state index in [1.807, 2.05) is 0 Å². The van der Waals surface area contributed by atoms with Crippen molar-refractivity contribution < 1.29 is 14.6 Å². The first-order valence-corrected chi connectivity index (χ1v) is 4.27. The molecule has 3 nitrogen and oxygen atoms in total. The Kier molecular flexibility index (Phi) is 2.42. The molecular formula is C9H16O3. The summed E-state index contributed by atoms with van der Waals surface area (Å²) in [7, 11) is 0. The number of ether oxygens (including phenoxy) is 1. The third-order valence-corrected chi connectivity index (χ3v) is 2.39. The van der Waals surface area contributed by atoms with Gasteiger partial charge in [-0.25, -0.2) is 0 Å². The van der Waals surface area contributed by atoms with Crippen LogP contribution in [0.2, 0.25) is 0 Å². The first kappa shape index (κ1) is 9.52. The van der Waals surface area contributed by atoms with Crippen molar-refractivity contribution in [3.8, 4) is 0 Å². The third kappa shape index (κ3) is 1.97. The quantitative estimate of drug-likeness (QED) is 0.687. The fraction of sp³-hybridized carbons (Fsp3) is 0.889. The summed E-state index contributed by atoms with van der Waals surface area (Å²) in [5.74, 6) is -1.15. The SMILES string of the molecule is C[C@H](C(=O)O)C1CC(C)(C)CO1. The molecule has 12 heavy (non-hydrogen) atoms. The minimum Gasteiger partial charge on any atom is -0.481 e. The second-order valence-electron chi connectivity index (χ2n) is 4.34. The highest BCUT2D eigenvalue weighted by molar-refractivity contribution is 5.70. The Hall–Kier alpha value is -0.570. The minimum absolute atomic E-state index is 0.0995. The molecule has 1 N–H and O–H groups in total. The molecule has 3 heteroatoms. The van der Waals surface area contributed by atoms with Gasteiger partial charge in [-0.3, -0.25) is 4.79 Å². The van der Waals surface area contributed by atoms with Crippen LogP contribution < -0.4 is 0 Å². The molecule has 0 radical (unpaired) electrons. The maximum Gasteiger partial charge on any atom is 0.308 e. The van der Waals surface area contributed by atoms with Crippen LogP contribution >= 0.6 is 0 Å². The van der Waals surface area contributed by atoms with Gasteiger partial charge < -0.3 is 9.84 Å². The summed E-state index contributed by atoms with van der Waals surface area (Å²) in [6.45, 7) is 6.58. The molecule has 70 valence electrons. The zero-order valence-electron chi connectivity index (χ0n) is 7.83. The van der Waals surface area contributed by atoms with Crippen molar-refractivity contribution in [3.63, 3.8) is 0 Å². The number of aliphatic carboxylic acids is 1. The average Bonchev–Trinajstić information content (AvgIpc) is 2.28.